The molecule has 0 aliphatic rings. The monoisotopic (exact) mass is 347 g/mol. The highest BCUT2D eigenvalue weighted by Crippen LogP contribution is 2.23. The molecule has 0 spiro atoms. The van der Waals surface area contributed by atoms with E-state index in [0.29, 0.717) is 11.4 Å². The van der Waals surface area contributed by atoms with E-state index in [1.165, 1.54) is 12.1 Å². The number of anilines is 3. The van der Waals surface area contributed by atoms with Crippen molar-refractivity contribution in [2.75, 3.05) is 15.8 Å². The summed E-state index contributed by atoms with van der Waals surface area (Å²) in [6, 6.07) is 12.7. The van der Waals surface area contributed by atoms with Crippen molar-refractivity contribution in [2.24, 2.45) is 5.41 Å². The van der Waals surface area contributed by atoms with Crippen LogP contribution in [0.4, 0.5) is 17.1 Å². The lowest BCUT2D eigenvalue weighted by Crippen LogP contribution is -2.27. The van der Waals surface area contributed by atoms with Crippen molar-refractivity contribution in [1.29, 1.82) is 0 Å². The molecule has 0 saturated carbocycles. The number of para-hydroxylation sites is 1. The van der Waals surface area contributed by atoms with Gasteiger partial charge in [-0.25, -0.2) is 8.42 Å². The molecule has 0 radical (unpaired) electrons. The van der Waals surface area contributed by atoms with Gasteiger partial charge >= 0.3 is 0 Å². The fourth-order valence-corrected chi connectivity index (χ4v) is 3.07. The summed E-state index contributed by atoms with van der Waals surface area (Å²) in [6.07, 6.45) is 0. The van der Waals surface area contributed by atoms with Crippen LogP contribution in [0.15, 0.2) is 53.4 Å². The number of hydrogen-bond acceptors (Lipinski definition) is 4. The van der Waals surface area contributed by atoms with Gasteiger partial charge in [0.2, 0.25) is 5.91 Å². The van der Waals surface area contributed by atoms with Crippen LogP contribution in [0, 0.1) is 5.41 Å². The van der Waals surface area contributed by atoms with Gasteiger partial charge in [-0.3, -0.25) is 9.52 Å². The fourth-order valence-electron chi connectivity index (χ4n) is 1.88. The second-order valence-electron chi connectivity index (χ2n) is 6.42. The molecule has 6 nitrogen and oxygen atoms in total. The van der Waals surface area contributed by atoms with Crippen molar-refractivity contribution in [3.63, 3.8) is 0 Å². The van der Waals surface area contributed by atoms with E-state index in [1.807, 2.05) is 20.8 Å². The van der Waals surface area contributed by atoms with Crippen LogP contribution in [0.25, 0.3) is 0 Å². The quantitative estimate of drug-likeness (QED) is 0.740. The Hall–Kier alpha value is -2.54. The lowest BCUT2D eigenvalue weighted by Gasteiger charge is -2.18. The first-order chi connectivity index (χ1) is 11.1. The van der Waals surface area contributed by atoms with Crippen LogP contribution in [-0.2, 0) is 14.8 Å². The van der Waals surface area contributed by atoms with Crippen LogP contribution >= 0.6 is 0 Å². The van der Waals surface area contributed by atoms with E-state index in [4.69, 9.17) is 5.73 Å². The van der Waals surface area contributed by atoms with Gasteiger partial charge in [0.05, 0.1) is 5.69 Å². The standard InChI is InChI=1S/C17H21N3O3S/c1-17(2,3)16(21)19-12-8-10-13(11-9-12)20-24(22,23)15-7-5-4-6-14(15)18/h4-11,20H,18H2,1-3H3,(H,19,21). The van der Waals surface area contributed by atoms with Gasteiger partial charge in [0, 0.05) is 16.8 Å². The molecule has 0 heterocycles. The Labute approximate surface area is 142 Å². The predicted molar refractivity (Wildman–Crippen MR) is 96.2 cm³/mol. The van der Waals surface area contributed by atoms with E-state index >= 15 is 0 Å². The van der Waals surface area contributed by atoms with Gasteiger partial charge in [-0.2, -0.15) is 0 Å². The maximum absolute atomic E-state index is 12.4. The zero-order valence-corrected chi connectivity index (χ0v) is 14.6. The van der Waals surface area contributed by atoms with E-state index in [0.717, 1.165) is 0 Å². The summed E-state index contributed by atoms with van der Waals surface area (Å²) in [5.74, 6) is -0.118. The summed E-state index contributed by atoms with van der Waals surface area (Å²) in [7, 11) is -3.77. The molecule has 2 aromatic rings. The molecule has 0 fully saturated rings. The summed E-state index contributed by atoms with van der Waals surface area (Å²) < 4.78 is 27.2. The topological polar surface area (TPSA) is 101 Å². The van der Waals surface area contributed by atoms with E-state index < -0.39 is 15.4 Å². The average molecular weight is 347 g/mol. The average Bonchev–Trinajstić information content (AvgIpc) is 2.48. The third-order valence-corrected chi connectivity index (χ3v) is 4.74. The summed E-state index contributed by atoms with van der Waals surface area (Å²) in [5, 5.41) is 2.78. The number of carbonyl (C=O) groups is 1. The maximum Gasteiger partial charge on any atom is 0.263 e. The van der Waals surface area contributed by atoms with Crippen molar-refractivity contribution < 1.29 is 13.2 Å². The van der Waals surface area contributed by atoms with E-state index in [2.05, 4.69) is 10.0 Å². The summed E-state index contributed by atoms with van der Waals surface area (Å²) in [6.45, 7) is 5.44. The normalized spacial score (nSPS) is 11.8. The second-order valence-corrected chi connectivity index (χ2v) is 8.08. The molecule has 2 aromatic carbocycles. The van der Waals surface area contributed by atoms with Crippen molar-refractivity contribution >= 4 is 33.0 Å². The van der Waals surface area contributed by atoms with Gasteiger partial charge in [0.15, 0.2) is 0 Å². The highest BCUT2D eigenvalue weighted by molar-refractivity contribution is 7.92. The van der Waals surface area contributed by atoms with Crippen molar-refractivity contribution in [1.82, 2.24) is 0 Å². The number of carbonyl (C=O) groups excluding carboxylic acids is 1. The number of sulfonamides is 1. The molecule has 0 unspecified atom stereocenters. The van der Waals surface area contributed by atoms with Gasteiger partial charge in [0.25, 0.3) is 10.0 Å². The maximum atomic E-state index is 12.4. The number of nitrogen functional groups attached to an aromatic ring is 1. The second kappa shape index (κ2) is 6.52. The Kier molecular flexibility index (Phi) is 4.84. The SMILES string of the molecule is CC(C)(C)C(=O)Nc1ccc(NS(=O)(=O)c2ccccc2N)cc1. The minimum atomic E-state index is -3.77. The first-order valence-electron chi connectivity index (χ1n) is 7.38. The molecule has 24 heavy (non-hydrogen) atoms. The first kappa shape index (κ1) is 17.8. The number of nitrogens with one attached hydrogen (secondary N) is 2. The zero-order valence-electron chi connectivity index (χ0n) is 13.8. The molecule has 0 saturated heterocycles. The Morgan fingerprint density at radius 2 is 1.50 bits per heavy atom. The molecular weight excluding hydrogens is 326 g/mol. The predicted octanol–water partition coefficient (Wildman–Crippen LogP) is 3.05. The van der Waals surface area contributed by atoms with Crippen LogP contribution in [0.5, 0.6) is 0 Å². The molecule has 0 aliphatic heterocycles. The minimum Gasteiger partial charge on any atom is -0.398 e. The molecule has 2 rings (SSSR count). The van der Waals surface area contributed by atoms with Crippen LogP contribution in [0.1, 0.15) is 20.8 Å². The largest absolute Gasteiger partial charge is 0.398 e. The van der Waals surface area contributed by atoms with Crippen molar-refractivity contribution in [3.05, 3.63) is 48.5 Å². The van der Waals surface area contributed by atoms with E-state index in [9.17, 15) is 13.2 Å². The first-order valence-corrected chi connectivity index (χ1v) is 8.87. The highest BCUT2D eigenvalue weighted by Gasteiger charge is 2.21. The number of hydrogen-bond donors (Lipinski definition) is 3. The molecule has 0 aromatic heterocycles. The smallest absolute Gasteiger partial charge is 0.263 e. The minimum absolute atomic E-state index is 0.0233. The summed E-state index contributed by atoms with van der Waals surface area (Å²) in [4.78, 5) is 12.0. The molecule has 4 N–H and O–H groups in total. The summed E-state index contributed by atoms with van der Waals surface area (Å²) in [5.41, 5.74) is 6.36. The molecule has 0 aliphatic carbocycles. The Morgan fingerprint density at radius 3 is 2.04 bits per heavy atom. The molecule has 128 valence electrons. The summed E-state index contributed by atoms with van der Waals surface area (Å²) >= 11 is 0. The number of amides is 1. The van der Waals surface area contributed by atoms with Gasteiger partial charge in [-0.1, -0.05) is 32.9 Å². The molecule has 0 bridgehead atoms. The Morgan fingerprint density at radius 1 is 0.958 bits per heavy atom. The van der Waals surface area contributed by atoms with Crippen molar-refractivity contribution in [2.45, 2.75) is 25.7 Å². The van der Waals surface area contributed by atoms with Crippen LogP contribution in [0.2, 0.25) is 0 Å². The van der Waals surface area contributed by atoms with E-state index in [1.54, 1.807) is 36.4 Å². The van der Waals surface area contributed by atoms with Crippen LogP contribution < -0.4 is 15.8 Å². The number of benzene rings is 2. The van der Waals surface area contributed by atoms with Crippen molar-refractivity contribution in [3.8, 4) is 0 Å². The number of nitrogens with two attached hydrogens (primary N) is 1. The van der Waals surface area contributed by atoms with Crippen LogP contribution in [-0.4, -0.2) is 14.3 Å². The van der Waals surface area contributed by atoms with E-state index in [-0.39, 0.29) is 16.5 Å². The lowest BCUT2D eigenvalue weighted by molar-refractivity contribution is -0.123. The highest BCUT2D eigenvalue weighted by atomic mass is 32.2. The Bertz CT molecular complexity index is 838. The molecular formula is C17H21N3O3S. The molecule has 7 heteroatoms. The van der Waals surface area contributed by atoms with Gasteiger partial charge in [-0.05, 0) is 36.4 Å². The van der Waals surface area contributed by atoms with Gasteiger partial charge in [0.1, 0.15) is 4.90 Å². The fraction of sp³-hybridized carbons (Fsp3) is 0.235. The van der Waals surface area contributed by atoms with Gasteiger partial charge < -0.3 is 11.1 Å². The van der Waals surface area contributed by atoms with Crippen LogP contribution in [0.3, 0.4) is 0 Å². The number of rotatable bonds is 4. The molecule has 1 amide bonds. The third-order valence-electron chi connectivity index (χ3n) is 3.28. The molecule has 0 atom stereocenters. The Balaban J connectivity index is 2.15. The van der Waals surface area contributed by atoms with Gasteiger partial charge in [-0.15, -0.1) is 0 Å². The zero-order chi connectivity index (χ0) is 18.0. The lowest BCUT2D eigenvalue weighted by atomic mass is 9.95. The third kappa shape index (κ3) is 4.26.